The summed E-state index contributed by atoms with van der Waals surface area (Å²) in [5, 5.41) is 5.67. The zero-order valence-corrected chi connectivity index (χ0v) is 15.0. The van der Waals surface area contributed by atoms with Crippen molar-refractivity contribution in [2.45, 2.75) is 13.1 Å². The first kappa shape index (κ1) is 18.2. The van der Waals surface area contributed by atoms with Crippen LogP contribution in [0.15, 0.2) is 48.5 Å². The van der Waals surface area contributed by atoms with Gasteiger partial charge in [0.1, 0.15) is 5.75 Å². The predicted molar refractivity (Wildman–Crippen MR) is 101 cm³/mol. The molecule has 1 aliphatic heterocycles. The summed E-state index contributed by atoms with van der Waals surface area (Å²) in [5.41, 5.74) is 3.07. The summed E-state index contributed by atoms with van der Waals surface area (Å²) in [6.45, 7) is 5.01. The first-order chi connectivity index (χ1) is 12.7. The van der Waals surface area contributed by atoms with Gasteiger partial charge in [0, 0.05) is 31.9 Å². The molecule has 1 fully saturated rings. The number of morpholine rings is 1. The minimum atomic E-state index is -0.229. The normalized spacial score (nSPS) is 14.7. The first-order valence-electron chi connectivity index (χ1n) is 8.80. The molecule has 2 N–H and O–H groups in total. The fourth-order valence-electron chi connectivity index (χ4n) is 2.81. The Morgan fingerprint density at radius 1 is 1.04 bits per heavy atom. The molecule has 0 saturated carbocycles. The Kier molecular flexibility index (Phi) is 6.46. The maximum atomic E-state index is 12.0. The molecule has 6 heteroatoms. The second-order valence-corrected chi connectivity index (χ2v) is 6.24. The minimum Gasteiger partial charge on any atom is -0.497 e. The third-order valence-electron chi connectivity index (χ3n) is 4.33. The van der Waals surface area contributed by atoms with Crippen molar-refractivity contribution >= 4 is 11.7 Å². The van der Waals surface area contributed by atoms with Crippen molar-refractivity contribution in [1.29, 1.82) is 0 Å². The number of hydrogen-bond donors (Lipinski definition) is 2. The fraction of sp³-hybridized carbons (Fsp3) is 0.350. The number of rotatable bonds is 6. The number of nitrogens with zero attached hydrogens (tertiary/aromatic N) is 1. The molecule has 2 amide bonds. The molecule has 3 rings (SSSR count). The van der Waals surface area contributed by atoms with Crippen LogP contribution in [0.1, 0.15) is 11.1 Å². The Balaban J connectivity index is 1.44. The van der Waals surface area contributed by atoms with Crippen molar-refractivity contribution in [2.75, 3.05) is 38.7 Å². The van der Waals surface area contributed by atoms with Gasteiger partial charge in [-0.2, -0.15) is 0 Å². The molecule has 138 valence electrons. The van der Waals surface area contributed by atoms with Gasteiger partial charge in [-0.25, -0.2) is 4.79 Å². The number of benzene rings is 2. The van der Waals surface area contributed by atoms with Gasteiger partial charge in [0.15, 0.2) is 0 Å². The highest BCUT2D eigenvalue weighted by molar-refractivity contribution is 5.89. The third-order valence-corrected chi connectivity index (χ3v) is 4.33. The Morgan fingerprint density at radius 3 is 2.35 bits per heavy atom. The van der Waals surface area contributed by atoms with Gasteiger partial charge in [0.25, 0.3) is 0 Å². The lowest BCUT2D eigenvalue weighted by atomic mass is 10.1. The third kappa shape index (κ3) is 5.47. The van der Waals surface area contributed by atoms with E-state index in [1.165, 1.54) is 5.56 Å². The van der Waals surface area contributed by atoms with Gasteiger partial charge in [-0.1, -0.05) is 24.3 Å². The summed E-state index contributed by atoms with van der Waals surface area (Å²) in [7, 11) is 1.61. The van der Waals surface area contributed by atoms with Gasteiger partial charge in [-0.05, 0) is 35.4 Å². The van der Waals surface area contributed by atoms with Gasteiger partial charge < -0.3 is 20.1 Å². The average Bonchev–Trinajstić information content (AvgIpc) is 2.69. The first-order valence-corrected chi connectivity index (χ1v) is 8.80. The molecular formula is C20H25N3O3. The number of amides is 2. The van der Waals surface area contributed by atoms with Crippen LogP contribution in [0.4, 0.5) is 10.5 Å². The van der Waals surface area contributed by atoms with Crippen molar-refractivity contribution in [3.8, 4) is 5.75 Å². The number of carbonyl (C=O) groups is 1. The Bertz CT molecular complexity index is 695. The average molecular weight is 355 g/mol. The van der Waals surface area contributed by atoms with Crippen molar-refractivity contribution in [3.63, 3.8) is 0 Å². The Morgan fingerprint density at radius 2 is 1.69 bits per heavy atom. The molecule has 6 nitrogen and oxygen atoms in total. The highest BCUT2D eigenvalue weighted by Gasteiger charge is 2.10. The van der Waals surface area contributed by atoms with Gasteiger partial charge in [-0.15, -0.1) is 0 Å². The molecule has 1 saturated heterocycles. The molecule has 1 aliphatic rings. The molecule has 0 radical (unpaired) electrons. The van der Waals surface area contributed by atoms with Gasteiger partial charge in [-0.3, -0.25) is 4.90 Å². The largest absolute Gasteiger partial charge is 0.497 e. The Hall–Kier alpha value is -2.57. The van der Waals surface area contributed by atoms with Gasteiger partial charge in [0.05, 0.1) is 20.3 Å². The number of anilines is 1. The summed E-state index contributed by atoms with van der Waals surface area (Å²) in [6, 6.07) is 15.4. The molecule has 2 aromatic carbocycles. The van der Waals surface area contributed by atoms with Crippen molar-refractivity contribution in [2.24, 2.45) is 0 Å². The van der Waals surface area contributed by atoms with E-state index in [0.717, 1.165) is 49.8 Å². The maximum absolute atomic E-state index is 12.0. The molecule has 26 heavy (non-hydrogen) atoms. The van der Waals surface area contributed by atoms with Crippen LogP contribution in [0, 0.1) is 0 Å². The Labute approximate surface area is 154 Å². The summed E-state index contributed by atoms with van der Waals surface area (Å²) in [5.74, 6) is 0.758. The van der Waals surface area contributed by atoms with E-state index >= 15 is 0 Å². The van der Waals surface area contributed by atoms with Crippen LogP contribution in [0.2, 0.25) is 0 Å². The van der Waals surface area contributed by atoms with Crippen LogP contribution < -0.4 is 15.4 Å². The molecule has 0 atom stereocenters. The summed E-state index contributed by atoms with van der Waals surface area (Å²) in [6.07, 6.45) is 0. The van der Waals surface area contributed by atoms with E-state index in [2.05, 4.69) is 39.8 Å². The summed E-state index contributed by atoms with van der Waals surface area (Å²) >= 11 is 0. The number of nitrogens with one attached hydrogen (secondary N) is 2. The number of hydrogen-bond acceptors (Lipinski definition) is 4. The SMILES string of the molecule is COc1ccc(NC(=O)NCc2ccc(CN3CCOCC3)cc2)cc1. The summed E-state index contributed by atoms with van der Waals surface area (Å²) < 4.78 is 10.5. The molecule has 0 unspecified atom stereocenters. The van der Waals surface area contributed by atoms with Crippen LogP contribution in [0.5, 0.6) is 5.75 Å². The molecular weight excluding hydrogens is 330 g/mol. The number of carbonyl (C=O) groups excluding carboxylic acids is 1. The fourth-order valence-corrected chi connectivity index (χ4v) is 2.81. The van der Waals surface area contributed by atoms with E-state index in [4.69, 9.17) is 9.47 Å². The molecule has 0 spiro atoms. The quantitative estimate of drug-likeness (QED) is 0.836. The van der Waals surface area contributed by atoms with Crippen LogP contribution in [-0.4, -0.2) is 44.3 Å². The van der Waals surface area contributed by atoms with Crippen LogP contribution >= 0.6 is 0 Å². The molecule has 1 heterocycles. The lowest BCUT2D eigenvalue weighted by Gasteiger charge is -2.26. The van der Waals surface area contributed by atoms with Crippen molar-refractivity contribution in [1.82, 2.24) is 10.2 Å². The summed E-state index contributed by atoms with van der Waals surface area (Å²) in [4.78, 5) is 14.4. The molecule has 0 bridgehead atoms. The minimum absolute atomic E-state index is 0.229. The molecule has 0 aromatic heterocycles. The molecule has 0 aliphatic carbocycles. The number of methoxy groups -OCH3 is 1. The van der Waals surface area contributed by atoms with Crippen molar-refractivity contribution in [3.05, 3.63) is 59.7 Å². The van der Waals surface area contributed by atoms with E-state index in [-0.39, 0.29) is 6.03 Å². The highest BCUT2D eigenvalue weighted by atomic mass is 16.5. The topological polar surface area (TPSA) is 62.8 Å². The smallest absolute Gasteiger partial charge is 0.319 e. The van der Waals surface area contributed by atoms with Crippen LogP contribution in [0.3, 0.4) is 0 Å². The highest BCUT2D eigenvalue weighted by Crippen LogP contribution is 2.15. The standard InChI is InChI=1S/C20H25N3O3/c1-25-19-8-6-18(7-9-19)22-20(24)21-14-16-2-4-17(5-3-16)15-23-10-12-26-13-11-23/h2-9H,10-15H2,1H3,(H2,21,22,24). The lowest BCUT2D eigenvalue weighted by molar-refractivity contribution is 0.0342. The van der Waals surface area contributed by atoms with Gasteiger partial charge in [0.2, 0.25) is 0 Å². The van der Waals surface area contributed by atoms with E-state index in [9.17, 15) is 4.79 Å². The maximum Gasteiger partial charge on any atom is 0.319 e. The van der Waals surface area contributed by atoms with Crippen LogP contribution in [-0.2, 0) is 17.8 Å². The van der Waals surface area contributed by atoms with E-state index in [1.54, 1.807) is 19.2 Å². The van der Waals surface area contributed by atoms with E-state index < -0.39 is 0 Å². The van der Waals surface area contributed by atoms with Crippen molar-refractivity contribution < 1.29 is 14.3 Å². The lowest BCUT2D eigenvalue weighted by Crippen LogP contribution is -2.35. The predicted octanol–water partition coefficient (Wildman–Crippen LogP) is 2.85. The second kappa shape index (κ2) is 9.22. The zero-order chi connectivity index (χ0) is 18.2. The van der Waals surface area contributed by atoms with E-state index in [0.29, 0.717) is 6.54 Å². The van der Waals surface area contributed by atoms with Crippen LogP contribution in [0.25, 0.3) is 0 Å². The van der Waals surface area contributed by atoms with Gasteiger partial charge >= 0.3 is 6.03 Å². The second-order valence-electron chi connectivity index (χ2n) is 6.24. The van der Waals surface area contributed by atoms with E-state index in [1.807, 2.05) is 12.1 Å². The number of urea groups is 1. The monoisotopic (exact) mass is 355 g/mol. The molecule has 2 aromatic rings. The number of ether oxygens (including phenoxy) is 2. The zero-order valence-electron chi connectivity index (χ0n) is 15.0.